The van der Waals surface area contributed by atoms with Crippen molar-refractivity contribution in [2.75, 3.05) is 13.1 Å². The molecule has 0 aliphatic rings. The molecule has 0 saturated carbocycles. The zero-order valence-corrected chi connectivity index (χ0v) is 13.7. The van der Waals surface area contributed by atoms with Gasteiger partial charge in [-0.3, -0.25) is 9.59 Å². The van der Waals surface area contributed by atoms with Gasteiger partial charge < -0.3 is 10.0 Å². The van der Waals surface area contributed by atoms with Crippen LogP contribution in [0.25, 0.3) is 0 Å². The van der Waals surface area contributed by atoms with Gasteiger partial charge in [0.25, 0.3) is 5.91 Å². The van der Waals surface area contributed by atoms with Gasteiger partial charge in [0, 0.05) is 18.7 Å². The Kier molecular flexibility index (Phi) is 8.26. The number of carbonyl (C=O) groups excluding carboxylic acids is 2. The van der Waals surface area contributed by atoms with Crippen LogP contribution in [0.3, 0.4) is 0 Å². The first kappa shape index (κ1) is 18.2. The summed E-state index contributed by atoms with van der Waals surface area (Å²) >= 11 is 0. The molecule has 4 nitrogen and oxygen atoms in total. The summed E-state index contributed by atoms with van der Waals surface area (Å²) in [5.74, 6) is -0.250. The van der Waals surface area contributed by atoms with Crippen molar-refractivity contribution < 1.29 is 14.7 Å². The van der Waals surface area contributed by atoms with Gasteiger partial charge in [-0.2, -0.15) is 0 Å². The lowest BCUT2D eigenvalue weighted by Crippen LogP contribution is -2.33. The molecular weight excluding hydrogens is 278 g/mol. The predicted octanol–water partition coefficient (Wildman–Crippen LogP) is 4.03. The van der Waals surface area contributed by atoms with Gasteiger partial charge in [0.1, 0.15) is 12.0 Å². The molecule has 0 atom stereocenters. The van der Waals surface area contributed by atoms with E-state index in [0.717, 1.165) is 38.5 Å². The second kappa shape index (κ2) is 9.98. The summed E-state index contributed by atoms with van der Waals surface area (Å²) in [6.45, 7) is 5.65. The molecule has 1 rings (SSSR count). The Morgan fingerprint density at radius 1 is 1.09 bits per heavy atom. The summed E-state index contributed by atoms with van der Waals surface area (Å²) < 4.78 is 0. The molecule has 0 unspecified atom stereocenters. The summed E-state index contributed by atoms with van der Waals surface area (Å²) in [5.41, 5.74) is 0.626. The van der Waals surface area contributed by atoms with Crippen molar-refractivity contribution in [2.24, 2.45) is 0 Å². The van der Waals surface area contributed by atoms with E-state index in [1.807, 2.05) is 0 Å². The maximum absolute atomic E-state index is 12.7. The van der Waals surface area contributed by atoms with E-state index in [-0.39, 0.29) is 17.2 Å². The molecule has 1 amide bonds. The first-order valence-electron chi connectivity index (χ1n) is 8.21. The van der Waals surface area contributed by atoms with Crippen LogP contribution in [0.4, 0.5) is 0 Å². The van der Waals surface area contributed by atoms with E-state index in [1.54, 1.807) is 4.90 Å². The summed E-state index contributed by atoms with van der Waals surface area (Å²) in [5, 5.41) is 9.93. The number of carbonyl (C=O) groups is 2. The quantitative estimate of drug-likeness (QED) is 0.524. The number of unbranched alkanes of at least 4 members (excludes halogenated alkanes) is 4. The lowest BCUT2D eigenvalue weighted by atomic mass is 10.1. The number of amides is 1. The van der Waals surface area contributed by atoms with Crippen LogP contribution in [0.2, 0.25) is 0 Å². The zero-order chi connectivity index (χ0) is 16.4. The first-order chi connectivity index (χ1) is 10.6. The minimum atomic E-state index is -0.187. The van der Waals surface area contributed by atoms with Gasteiger partial charge in [-0.25, -0.2) is 0 Å². The first-order valence-corrected chi connectivity index (χ1v) is 8.21. The Labute approximate surface area is 133 Å². The van der Waals surface area contributed by atoms with Crippen LogP contribution in [-0.2, 0) is 0 Å². The summed E-state index contributed by atoms with van der Waals surface area (Å²) in [4.78, 5) is 25.4. The van der Waals surface area contributed by atoms with Crippen LogP contribution < -0.4 is 0 Å². The van der Waals surface area contributed by atoms with Crippen molar-refractivity contribution in [3.8, 4) is 5.75 Å². The Balaban J connectivity index is 2.86. The van der Waals surface area contributed by atoms with Crippen LogP contribution in [0.15, 0.2) is 18.2 Å². The monoisotopic (exact) mass is 305 g/mol. The molecule has 122 valence electrons. The fourth-order valence-electron chi connectivity index (χ4n) is 2.39. The fourth-order valence-corrected chi connectivity index (χ4v) is 2.39. The highest BCUT2D eigenvalue weighted by molar-refractivity contribution is 5.98. The van der Waals surface area contributed by atoms with Crippen molar-refractivity contribution in [1.82, 2.24) is 4.90 Å². The van der Waals surface area contributed by atoms with Crippen LogP contribution >= 0.6 is 0 Å². The Morgan fingerprint density at radius 3 is 2.18 bits per heavy atom. The van der Waals surface area contributed by atoms with E-state index >= 15 is 0 Å². The molecule has 1 aromatic rings. The van der Waals surface area contributed by atoms with Gasteiger partial charge in [0.05, 0.1) is 5.56 Å². The number of hydrogen-bond donors (Lipinski definition) is 1. The molecule has 0 fully saturated rings. The minimum absolute atomic E-state index is 0.0633. The molecule has 1 N–H and O–H groups in total. The number of hydrogen-bond acceptors (Lipinski definition) is 3. The number of phenols is 1. The van der Waals surface area contributed by atoms with Crippen LogP contribution in [0.1, 0.15) is 73.1 Å². The average Bonchev–Trinajstić information content (AvgIpc) is 2.53. The molecule has 0 aromatic heterocycles. The topological polar surface area (TPSA) is 57.6 Å². The maximum Gasteiger partial charge on any atom is 0.257 e. The van der Waals surface area contributed by atoms with Gasteiger partial charge >= 0.3 is 0 Å². The summed E-state index contributed by atoms with van der Waals surface area (Å²) in [6.07, 6.45) is 6.97. The van der Waals surface area contributed by atoms with Crippen molar-refractivity contribution in [2.45, 2.75) is 52.4 Å². The minimum Gasteiger partial charge on any atom is -0.507 e. The van der Waals surface area contributed by atoms with Crippen molar-refractivity contribution in [3.63, 3.8) is 0 Å². The van der Waals surface area contributed by atoms with Gasteiger partial charge in [0.15, 0.2) is 0 Å². The highest BCUT2D eigenvalue weighted by atomic mass is 16.3. The molecule has 0 heterocycles. The number of aromatic hydroxyl groups is 1. The fraction of sp³-hybridized carbons (Fsp3) is 0.556. The van der Waals surface area contributed by atoms with Gasteiger partial charge in [-0.1, -0.05) is 39.5 Å². The second-order valence-electron chi connectivity index (χ2n) is 5.60. The molecule has 0 aliphatic carbocycles. The van der Waals surface area contributed by atoms with E-state index in [0.29, 0.717) is 24.9 Å². The standard InChI is InChI=1S/C18H27NO3/c1-3-5-7-11-19(12-8-6-4-2)18(22)16-13-15(14-20)9-10-17(16)21/h9-10,13-14,21H,3-8,11-12H2,1-2H3. The van der Waals surface area contributed by atoms with Gasteiger partial charge in [-0.15, -0.1) is 0 Å². The van der Waals surface area contributed by atoms with Crippen LogP contribution in [-0.4, -0.2) is 35.3 Å². The normalized spacial score (nSPS) is 10.5. The van der Waals surface area contributed by atoms with Crippen molar-refractivity contribution >= 4 is 12.2 Å². The molecule has 0 radical (unpaired) electrons. The number of benzene rings is 1. The SMILES string of the molecule is CCCCCN(CCCCC)C(=O)c1cc(C=O)ccc1O. The molecule has 4 heteroatoms. The molecule has 22 heavy (non-hydrogen) atoms. The number of phenolic OH excluding ortho intramolecular Hbond substituents is 1. The Bertz CT molecular complexity index is 475. The number of nitrogens with zero attached hydrogens (tertiary/aromatic N) is 1. The van der Waals surface area contributed by atoms with Crippen molar-refractivity contribution in [3.05, 3.63) is 29.3 Å². The van der Waals surface area contributed by atoms with E-state index in [1.165, 1.54) is 18.2 Å². The summed E-state index contributed by atoms with van der Waals surface area (Å²) in [6, 6.07) is 4.39. The number of rotatable bonds is 10. The lowest BCUT2D eigenvalue weighted by Gasteiger charge is -2.23. The molecule has 0 saturated heterocycles. The average molecular weight is 305 g/mol. The molecular formula is C18H27NO3. The second-order valence-corrected chi connectivity index (χ2v) is 5.60. The van der Waals surface area contributed by atoms with Crippen LogP contribution in [0.5, 0.6) is 5.75 Å². The third-order valence-corrected chi connectivity index (χ3v) is 3.74. The smallest absolute Gasteiger partial charge is 0.257 e. The molecule has 0 aliphatic heterocycles. The predicted molar refractivity (Wildman–Crippen MR) is 88.4 cm³/mol. The lowest BCUT2D eigenvalue weighted by molar-refractivity contribution is 0.0746. The van der Waals surface area contributed by atoms with E-state index in [4.69, 9.17) is 0 Å². The molecule has 1 aromatic carbocycles. The zero-order valence-electron chi connectivity index (χ0n) is 13.7. The Hall–Kier alpha value is -1.84. The van der Waals surface area contributed by atoms with Gasteiger partial charge in [-0.05, 0) is 31.0 Å². The van der Waals surface area contributed by atoms with E-state index < -0.39 is 0 Å². The molecule has 0 spiro atoms. The molecule has 0 bridgehead atoms. The van der Waals surface area contributed by atoms with Crippen molar-refractivity contribution in [1.29, 1.82) is 0 Å². The third kappa shape index (κ3) is 5.51. The van der Waals surface area contributed by atoms with Crippen LogP contribution in [0, 0.1) is 0 Å². The summed E-state index contributed by atoms with van der Waals surface area (Å²) in [7, 11) is 0. The third-order valence-electron chi connectivity index (χ3n) is 3.74. The number of aldehydes is 1. The largest absolute Gasteiger partial charge is 0.507 e. The maximum atomic E-state index is 12.7. The highest BCUT2D eigenvalue weighted by Crippen LogP contribution is 2.20. The highest BCUT2D eigenvalue weighted by Gasteiger charge is 2.19. The van der Waals surface area contributed by atoms with Gasteiger partial charge in [0.2, 0.25) is 0 Å². The van der Waals surface area contributed by atoms with E-state index in [2.05, 4.69) is 13.8 Å². The Morgan fingerprint density at radius 2 is 1.68 bits per heavy atom. The van der Waals surface area contributed by atoms with E-state index in [9.17, 15) is 14.7 Å².